The van der Waals surface area contributed by atoms with Crippen LogP contribution in [0.5, 0.6) is 17.2 Å². The van der Waals surface area contributed by atoms with E-state index in [2.05, 4.69) is 4.98 Å². The third-order valence-electron chi connectivity index (χ3n) is 6.85. The second-order valence-electron chi connectivity index (χ2n) is 8.93. The maximum absolute atomic E-state index is 13.8. The van der Waals surface area contributed by atoms with Crippen molar-refractivity contribution >= 4 is 49.0 Å². The molecule has 0 saturated heterocycles. The van der Waals surface area contributed by atoms with E-state index in [1.807, 2.05) is 0 Å². The number of nitro groups is 1. The lowest BCUT2D eigenvalue weighted by Crippen LogP contribution is -2.30. The van der Waals surface area contributed by atoms with Crippen molar-refractivity contribution in [2.24, 2.45) is 5.14 Å². The molecular weight excluding hydrogens is 532 g/mol. The summed E-state index contributed by atoms with van der Waals surface area (Å²) in [5, 5.41) is 28.4. The number of carbonyl (C=O) groups is 1. The van der Waals surface area contributed by atoms with E-state index >= 15 is 0 Å². The molecule has 0 fully saturated rings. The van der Waals surface area contributed by atoms with Crippen LogP contribution in [0, 0.1) is 10.1 Å². The number of fused-ring (bicyclic) bond motifs is 4. The maximum Gasteiger partial charge on any atom is 0.279 e. The monoisotopic (exact) mass is 556 g/mol. The summed E-state index contributed by atoms with van der Waals surface area (Å²) < 4.78 is 40.1. The standard InChI is InChI=1S/C25H24N4O9S/c1-36-20-7-12-6-17(27-22(12)24(38-3)23(20)37-2)25(31)28-10-13(11-30)21-15-5-4-14(39(26,34)35)8-16(15)18(29(32)33)9-19(21)28/h4-9,13,27,30H,10-11H2,1-3H3,(H2,26,34,35). The van der Waals surface area contributed by atoms with Gasteiger partial charge in [0.05, 0.1) is 54.3 Å². The minimum absolute atomic E-state index is 0.0348. The highest BCUT2D eigenvalue weighted by Gasteiger charge is 2.37. The molecule has 5 rings (SSSR count). The number of amides is 1. The number of hydrogen-bond acceptors (Lipinski definition) is 9. The van der Waals surface area contributed by atoms with Gasteiger partial charge in [-0.25, -0.2) is 13.6 Å². The SMILES string of the molecule is COc1cc2cc(C(=O)N3CC(CO)c4c3cc([N+](=O)[O-])c3cc(S(N)(=O)=O)ccc43)[nH]c2c(OC)c1OC. The van der Waals surface area contributed by atoms with Gasteiger partial charge in [-0.1, -0.05) is 6.07 Å². The molecule has 3 aromatic carbocycles. The fraction of sp³-hybridized carbons (Fsp3) is 0.240. The Morgan fingerprint density at radius 1 is 1.13 bits per heavy atom. The van der Waals surface area contributed by atoms with Crippen LogP contribution >= 0.6 is 0 Å². The van der Waals surface area contributed by atoms with Gasteiger partial charge in [0.15, 0.2) is 11.5 Å². The van der Waals surface area contributed by atoms with Gasteiger partial charge in [0.25, 0.3) is 11.6 Å². The molecule has 2 heterocycles. The van der Waals surface area contributed by atoms with Crippen LogP contribution in [-0.4, -0.2) is 63.8 Å². The number of aromatic amines is 1. The van der Waals surface area contributed by atoms with Gasteiger partial charge in [-0.15, -0.1) is 0 Å². The van der Waals surface area contributed by atoms with E-state index < -0.39 is 32.5 Å². The molecule has 4 aromatic rings. The lowest BCUT2D eigenvalue weighted by atomic mass is 9.94. The fourth-order valence-electron chi connectivity index (χ4n) is 5.13. The molecule has 1 unspecified atom stereocenters. The number of nitrogens with one attached hydrogen (secondary N) is 1. The van der Waals surface area contributed by atoms with Crippen molar-refractivity contribution in [2.45, 2.75) is 10.8 Å². The van der Waals surface area contributed by atoms with Crippen molar-refractivity contribution in [1.82, 2.24) is 4.98 Å². The number of primary sulfonamides is 1. The second-order valence-corrected chi connectivity index (χ2v) is 10.5. The number of methoxy groups -OCH3 is 3. The summed E-state index contributed by atoms with van der Waals surface area (Å²) >= 11 is 0. The Hall–Kier alpha value is -4.40. The van der Waals surface area contributed by atoms with Gasteiger partial charge in [-0.2, -0.15) is 0 Å². The molecule has 13 nitrogen and oxygen atoms in total. The normalized spacial score (nSPS) is 15.0. The van der Waals surface area contributed by atoms with Crippen LogP contribution in [0.2, 0.25) is 0 Å². The average molecular weight is 557 g/mol. The summed E-state index contributed by atoms with van der Waals surface area (Å²) in [4.78, 5) is 29.3. The molecule has 1 amide bonds. The van der Waals surface area contributed by atoms with Crippen LogP contribution in [-0.2, 0) is 10.0 Å². The van der Waals surface area contributed by atoms with Crippen molar-refractivity contribution in [2.75, 3.05) is 39.4 Å². The first-order valence-electron chi connectivity index (χ1n) is 11.6. The summed E-state index contributed by atoms with van der Waals surface area (Å²) in [6.07, 6.45) is 0. The van der Waals surface area contributed by atoms with E-state index in [-0.39, 0.29) is 34.8 Å². The average Bonchev–Trinajstić information content (AvgIpc) is 3.51. The van der Waals surface area contributed by atoms with Gasteiger partial charge in [0, 0.05) is 23.9 Å². The first kappa shape index (κ1) is 26.2. The first-order chi connectivity index (χ1) is 18.5. The van der Waals surface area contributed by atoms with Crippen LogP contribution in [0.1, 0.15) is 22.0 Å². The number of nitro benzene ring substituents is 1. The van der Waals surface area contributed by atoms with Gasteiger partial charge in [-0.05, 0) is 35.2 Å². The molecule has 0 aliphatic carbocycles. The molecule has 39 heavy (non-hydrogen) atoms. The first-order valence-corrected chi connectivity index (χ1v) is 13.1. The number of benzene rings is 3. The minimum Gasteiger partial charge on any atom is -0.493 e. The van der Waals surface area contributed by atoms with E-state index in [0.717, 1.165) is 6.07 Å². The van der Waals surface area contributed by atoms with Crippen LogP contribution in [0.25, 0.3) is 21.7 Å². The predicted octanol–water partition coefficient (Wildman–Crippen LogP) is 2.64. The Bertz CT molecular complexity index is 1780. The number of anilines is 1. The summed E-state index contributed by atoms with van der Waals surface area (Å²) in [6, 6.07) is 8.27. The van der Waals surface area contributed by atoms with Gasteiger partial charge in [-0.3, -0.25) is 14.9 Å². The molecule has 204 valence electrons. The molecule has 0 bridgehead atoms. The van der Waals surface area contributed by atoms with Crippen LogP contribution in [0.15, 0.2) is 41.3 Å². The highest BCUT2D eigenvalue weighted by Crippen LogP contribution is 2.47. The quantitative estimate of drug-likeness (QED) is 0.227. The highest BCUT2D eigenvalue weighted by atomic mass is 32.2. The molecule has 4 N–H and O–H groups in total. The number of rotatable bonds is 7. The molecule has 0 spiro atoms. The third-order valence-corrected chi connectivity index (χ3v) is 7.76. The van der Waals surface area contributed by atoms with Crippen LogP contribution in [0.4, 0.5) is 11.4 Å². The van der Waals surface area contributed by atoms with Crippen molar-refractivity contribution in [3.63, 3.8) is 0 Å². The van der Waals surface area contributed by atoms with E-state index in [0.29, 0.717) is 39.1 Å². The van der Waals surface area contributed by atoms with E-state index in [9.17, 15) is 28.4 Å². The molecule has 0 saturated carbocycles. The molecule has 1 aromatic heterocycles. The predicted molar refractivity (Wildman–Crippen MR) is 141 cm³/mol. The highest BCUT2D eigenvalue weighted by molar-refractivity contribution is 7.89. The van der Waals surface area contributed by atoms with Crippen LogP contribution < -0.4 is 24.2 Å². The minimum atomic E-state index is -4.13. The Balaban J connectivity index is 1.69. The van der Waals surface area contributed by atoms with Crippen LogP contribution in [0.3, 0.4) is 0 Å². The zero-order chi connectivity index (χ0) is 28.2. The number of H-pyrrole nitrogens is 1. The topological polar surface area (TPSA) is 187 Å². The van der Waals surface area contributed by atoms with Gasteiger partial charge < -0.3 is 29.2 Å². The van der Waals surface area contributed by atoms with Crippen molar-refractivity contribution in [3.8, 4) is 17.2 Å². The largest absolute Gasteiger partial charge is 0.493 e. The number of nitrogens with zero attached hydrogens (tertiary/aromatic N) is 2. The lowest BCUT2D eigenvalue weighted by Gasteiger charge is -2.17. The molecule has 14 heteroatoms. The van der Waals surface area contributed by atoms with Crippen molar-refractivity contribution in [3.05, 3.63) is 57.8 Å². The number of aromatic nitrogens is 1. The van der Waals surface area contributed by atoms with Gasteiger partial charge in [0.2, 0.25) is 15.8 Å². The number of carbonyl (C=O) groups excluding carboxylic acids is 1. The Kier molecular flexibility index (Phi) is 6.33. The number of sulfonamides is 1. The zero-order valence-electron chi connectivity index (χ0n) is 21.0. The molecule has 1 aliphatic heterocycles. The summed E-state index contributed by atoms with van der Waals surface area (Å²) in [6.45, 7) is -0.313. The number of hydrogen-bond donors (Lipinski definition) is 3. The summed E-state index contributed by atoms with van der Waals surface area (Å²) in [5.41, 5.74) is 0.970. The molecule has 1 aliphatic rings. The Labute approximate surface area is 221 Å². The van der Waals surface area contributed by atoms with Gasteiger partial charge in [0.1, 0.15) is 5.69 Å². The Morgan fingerprint density at radius 3 is 2.44 bits per heavy atom. The molecule has 0 radical (unpaired) electrons. The number of nitrogens with two attached hydrogens (primary N) is 1. The lowest BCUT2D eigenvalue weighted by molar-refractivity contribution is -0.383. The van der Waals surface area contributed by atoms with Crippen molar-refractivity contribution in [1.29, 1.82) is 0 Å². The number of aliphatic hydroxyl groups excluding tert-OH is 1. The van der Waals surface area contributed by atoms with E-state index in [4.69, 9.17) is 19.3 Å². The number of aliphatic hydroxyl groups is 1. The number of non-ortho nitro benzene ring substituents is 1. The van der Waals surface area contributed by atoms with E-state index in [1.54, 1.807) is 12.1 Å². The summed E-state index contributed by atoms with van der Waals surface area (Å²) in [7, 11) is 0.256. The maximum atomic E-state index is 13.8. The zero-order valence-corrected chi connectivity index (χ0v) is 21.9. The molecule has 1 atom stereocenters. The molecular formula is C25H24N4O9S. The number of ether oxygens (including phenoxy) is 3. The Morgan fingerprint density at radius 2 is 1.85 bits per heavy atom. The second kappa shape index (κ2) is 9.41. The van der Waals surface area contributed by atoms with Crippen molar-refractivity contribution < 1.29 is 37.5 Å². The third kappa shape index (κ3) is 4.09. The summed E-state index contributed by atoms with van der Waals surface area (Å²) in [5.74, 6) is -0.0213. The fourth-order valence-corrected chi connectivity index (χ4v) is 5.67. The smallest absolute Gasteiger partial charge is 0.279 e. The van der Waals surface area contributed by atoms with Gasteiger partial charge >= 0.3 is 0 Å². The van der Waals surface area contributed by atoms with E-state index in [1.165, 1.54) is 44.4 Å².